The third-order valence-corrected chi connectivity index (χ3v) is 3.65. The summed E-state index contributed by atoms with van der Waals surface area (Å²) in [6.45, 7) is 5.38. The maximum Gasteiger partial charge on any atom is 0.191 e. The molecule has 0 aliphatic rings. The lowest BCUT2D eigenvalue weighted by molar-refractivity contribution is 0.408. The summed E-state index contributed by atoms with van der Waals surface area (Å²) in [6.07, 6.45) is 1.80. The Morgan fingerprint density at radius 2 is 1.92 bits per heavy atom. The number of pyridine rings is 1. The van der Waals surface area contributed by atoms with Crippen molar-refractivity contribution in [3.05, 3.63) is 58.9 Å². The molecule has 130 valence electrons. The monoisotopic (exact) mass is 440 g/mol. The molecule has 1 heterocycles. The summed E-state index contributed by atoms with van der Waals surface area (Å²) in [6, 6.07) is 10.2. The van der Waals surface area contributed by atoms with Gasteiger partial charge in [-0.1, -0.05) is 18.2 Å². The molecule has 2 N–H and O–H groups in total. The molecule has 0 fully saturated rings. The predicted octanol–water partition coefficient (Wildman–Crippen LogP) is 3.19. The van der Waals surface area contributed by atoms with Crippen LogP contribution in [0, 0.1) is 13.8 Å². The van der Waals surface area contributed by atoms with Crippen LogP contribution in [0.1, 0.15) is 22.4 Å². The number of nitrogens with one attached hydrogen (secondary N) is 2. The molecular formula is C18H25IN4O. The number of nitrogens with zero attached hydrogens (tertiary/aromatic N) is 2. The van der Waals surface area contributed by atoms with Crippen molar-refractivity contribution >= 4 is 29.9 Å². The van der Waals surface area contributed by atoms with E-state index in [1.165, 1.54) is 5.56 Å². The van der Waals surface area contributed by atoms with Crippen molar-refractivity contribution < 1.29 is 4.74 Å². The highest BCUT2D eigenvalue weighted by molar-refractivity contribution is 14.0. The first-order valence-corrected chi connectivity index (χ1v) is 7.62. The second-order valence-corrected chi connectivity index (χ2v) is 5.36. The number of methoxy groups -OCH3 is 1. The third kappa shape index (κ3) is 5.67. The van der Waals surface area contributed by atoms with Crippen molar-refractivity contribution in [1.29, 1.82) is 0 Å². The molecule has 5 nitrogen and oxygen atoms in total. The lowest BCUT2D eigenvalue weighted by Crippen LogP contribution is -2.36. The van der Waals surface area contributed by atoms with Crippen molar-refractivity contribution in [3.63, 3.8) is 0 Å². The molecule has 0 aliphatic heterocycles. The van der Waals surface area contributed by atoms with E-state index < -0.39 is 0 Å². The molecule has 2 rings (SSSR count). The second kappa shape index (κ2) is 10.1. The molecule has 2 aromatic rings. The van der Waals surface area contributed by atoms with E-state index >= 15 is 0 Å². The van der Waals surface area contributed by atoms with Gasteiger partial charge in [0.2, 0.25) is 0 Å². The van der Waals surface area contributed by atoms with E-state index in [1.807, 2.05) is 12.1 Å². The maximum absolute atomic E-state index is 5.43. The average molecular weight is 440 g/mol. The third-order valence-electron chi connectivity index (χ3n) is 3.65. The molecule has 24 heavy (non-hydrogen) atoms. The zero-order valence-electron chi connectivity index (χ0n) is 14.6. The van der Waals surface area contributed by atoms with Crippen molar-refractivity contribution in [2.24, 2.45) is 4.99 Å². The highest BCUT2D eigenvalue weighted by Crippen LogP contribution is 2.19. The molecule has 1 aromatic carbocycles. The van der Waals surface area contributed by atoms with Gasteiger partial charge in [0.1, 0.15) is 5.75 Å². The molecule has 0 unspecified atom stereocenters. The van der Waals surface area contributed by atoms with Crippen LogP contribution in [-0.2, 0) is 13.1 Å². The largest absolute Gasteiger partial charge is 0.496 e. The van der Waals surface area contributed by atoms with Gasteiger partial charge in [-0.25, -0.2) is 0 Å². The fraction of sp³-hybridized carbons (Fsp3) is 0.333. The van der Waals surface area contributed by atoms with Crippen molar-refractivity contribution in [2.75, 3.05) is 14.2 Å². The van der Waals surface area contributed by atoms with Crippen LogP contribution >= 0.6 is 24.0 Å². The van der Waals surface area contributed by atoms with E-state index in [0.29, 0.717) is 13.1 Å². The number of ether oxygens (including phenoxy) is 1. The van der Waals surface area contributed by atoms with Gasteiger partial charge in [0, 0.05) is 25.4 Å². The molecule has 0 atom stereocenters. The molecule has 0 saturated heterocycles. The standard InChI is InChI=1S/C18H24N4O.HI/c1-13-7-8-15(17(10-13)23-4)11-21-18(19-3)22-12-16-14(2)6-5-9-20-16;/h5-10H,11-12H2,1-4H3,(H2,19,21,22);1H. The Labute approximate surface area is 161 Å². The number of hydrogen-bond acceptors (Lipinski definition) is 3. The fourth-order valence-electron chi connectivity index (χ4n) is 2.27. The number of guanidine groups is 1. The van der Waals surface area contributed by atoms with Gasteiger partial charge in [0.15, 0.2) is 5.96 Å². The minimum absolute atomic E-state index is 0. The molecule has 0 radical (unpaired) electrons. The number of benzene rings is 1. The number of aromatic nitrogens is 1. The van der Waals surface area contributed by atoms with Gasteiger partial charge in [-0.3, -0.25) is 9.98 Å². The summed E-state index contributed by atoms with van der Waals surface area (Å²) >= 11 is 0. The van der Waals surface area contributed by atoms with Crippen LogP contribution in [0.15, 0.2) is 41.5 Å². The molecule has 6 heteroatoms. The zero-order chi connectivity index (χ0) is 16.7. The summed E-state index contributed by atoms with van der Waals surface area (Å²) in [5, 5.41) is 6.58. The lowest BCUT2D eigenvalue weighted by atomic mass is 10.1. The minimum Gasteiger partial charge on any atom is -0.496 e. The van der Waals surface area contributed by atoms with Gasteiger partial charge in [-0.2, -0.15) is 0 Å². The number of halogens is 1. The summed E-state index contributed by atoms with van der Waals surface area (Å²) in [5.41, 5.74) is 4.45. The molecule has 0 spiro atoms. The zero-order valence-corrected chi connectivity index (χ0v) is 16.9. The van der Waals surface area contributed by atoms with Crippen LogP contribution in [-0.4, -0.2) is 25.1 Å². The summed E-state index contributed by atoms with van der Waals surface area (Å²) in [4.78, 5) is 8.62. The fourth-order valence-corrected chi connectivity index (χ4v) is 2.27. The Morgan fingerprint density at radius 1 is 1.17 bits per heavy atom. The Bertz CT molecular complexity index is 688. The van der Waals surface area contributed by atoms with Crippen molar-refractivity contribution in [1.82, 2.24) is 15.6 Å². The van der Waals surface area contributed by atoms with Crippen molar-refractivity contribution in [2.45, 2.75) is 26.9 Å². The van der Waals surface area contributed by atoms with E-state index in [0.717, 1.165) is 28.5 Å². The first-order chi connectivity index (χ1) is 11.1. The van der Waals surface area contributed by atoms with Crippen LogP contribution in [0.25, 0.3) is 0 Å². The topological polar surface area (TPSA) is 58.5 Å². The summed E-state index contributed by atoms with van der Waals surface area (Å²) in [5.74, 6) is 1.62. The first kappa shape index (κ1) is 20.2. The number of hydrogen-bond donors (Lipinski definition) is 2. The Morgan fingerprint density at radius 3 is 2.58 bits per heavy atom. The highest BCUT2D eigenvalue weighted by Gasteiger charge is 2.05. The van der Waals surface area contributed by atoms with E-state index in [2.05, 4.69) is 52.7 Å². The quantitative estimate of drug-likeness (QED) is 0.426. The smallest absolute Gasteiger partial charge is 0.191 e. The Balaban J connectivity index is 0.00000288. The molecule has 0 aliphatic carbocycles. The number of aryl methyl sites for hydroxylation is 2. The Kier molecular flexibility index (Phi) is 8.53. The summed E-state index contributed by atoms with van der Waals surface area (Å²) < 4.78 is 5.43. The van der Waals surface area contributed by atoms with Crippen LogP contribution < -0.4 is 15.4 Å². The van der Waals surface area contributed by atoms with E-state index in [9.17, 15) is 0 Å². The van der Waals surface area contributed by atoms with Gasteiger partial charge < -0.3 is 15.4 Å². The molecule has 0 saturated carbocycles. The summed E-state index contributed by atoms with van der Waals surface area (Å²) in [7, 11) is 3.45. The Hall–Kier alpha value is -1.83. The predicted molar refractivity (Wildman–Crippen MR) is 109 cm³/mol. The van der Waals surface area contributed by atoms with E-state index in [-0.39, 0.29) is 24.0 Å². The number of rotatable bonds is 5. The first-order valence-electron chi connectivity index (χ1n) is 7.62. The van der Waals surface area contributed by atoms with Gasteiger partial charge in [-0.05, 0) is 37.1 Å². The van der Waals surface area contributed by atoms with Crippen LogP contribution in [0.4, 0.5) is 0 Å². The molecule has 0 bridgehead atoms. The minimum atomic E-state index is 0. The van der Waals surface area contributed by atoms with E-state index in [1.54, 1.807) is 20.4 Å². The van der Waals surface area contributed by atoms with Gasteiger partial charge >= 0.3 is 0 Å². The normalized spacial score (nSPS) is 10.8. The SMILES string of the molecule is CN=C(NCc1ccc(C)cc1OC)NCc1ncccc1C.I. The lowest BCUT2D eigenvalue weighted by Gasteiger charge is -2.14. The molecule has 1 aromatic heterocycles. The number of aliphatic imine (C=N–C) groups is 1. The molecule has 0 amide bonds. The molecular weight excluding hydrogens is 415 g/mol. The average Bonchev–Trinajstić information content (AvgIpc) is 2.57. The van der Waals surface area contributed by atoms with Gasteiger partial charge in [-0.15, -0.1) is 24.0 Å². The van der Waals surface area contributed by atoms with Crippen molar-refractivity contribution in [3.8, 4) is 5.75 Å². The van der Waals surface area contributed by atoms with E-state index in [4.69, 9.17) is 4.74 Å². The van der Waals surface area contributed by atoms with Crippen LogP contribution in [0.3, 0.4) is 0 Å². The highest BCUT2D eigenvalue weighted by atomic mass is 127. The maximum atomic E-state index is 5.43. The van der Waals surface area contributed by atoms with Crippen LogP contribution in [0.2, 0.25) is 0 Å². The van der Waals surface area contributed by atoms with Gasteiger partial charge in [0.05, 0.1) is 19.3 Å². The van der Waals surface area contributed by atoms with Crippen LogP contribution in [0.5, 0.6) is 5.75 Å². The van der Waals surface area contributed by atoms with Gasteiger partial charge in [0.25, 0.3) is 0 Å². The second-order valence-electron chi connectivity index (χ2n) is 5.36.